The van der Waals surface area contributed by atoms with Crippen molar-refractivity contribution in [3.8, 4) is 17.0 Å². The molecule has 0 radical (unpaired) electrons. The number of ether oxygens (including phenoxy) is 1. The lowest BCUT2D eigenvalue weighted by atomic mass is 9.84. The lowest BCUT2D eigenvalue weighted by Gasteiger charge is -2.25. The van der Waals surface area contributed by atoms with Crippen LogP contribution in [0.5, 0.6) is 5.75 Å². The van der Waals surface area contributed by atoms with Crippen molar-refractivity contribution < 1.29 is 36.2 Å². The highest BCUT2D eigenvalue weighted by Crippen LogP contribution is 2.51. The second-order valence-electron chi connectivity index (χ2n) is 9.75. The maximum Gasteiger partial charge on any atom is 0.416 e. The summed E-state index contributed by atoms with van der Waals surface area (Å²) in [6, 6.07) is 12.4. The van der Waals surface area contributed by atoms with Crippen molar-refractivity contribution in [3.63, 3.8) is 0 Å². The molecule has 1 fully saturated rings. The second kappa shape index (κ2) is 9.30. The number of carboxylic acids is 1. The molecule has 2 heterocycles. The molecule has 200 valence electrons. The molecule has 1 spiro atoms. The minimum atomic E-state index is -4.44. The average Bonchev–Trinajstić information content (AvgIpc) is 3.48. The third-order valence-electron chi connectivity index (χ3n) is 7.25. The largest absolute Gasteiger partial charge is 0.482 e. The fourth-order valence-corrected chi connectivity index (χ4v) is 6.98. The van der Waals surface area contributed by atoms with E-state index >= 15 is 0 Å². The predicted molar refractivity (Wildman–Crippen MR) is 134 cm³/mol. The number of pyridine rings is 1. The molecular formula is C27H25F3N2O5S. The van der Waals surface area contributed by atoms with Gasteiger partial charge < -0.3 is 9.84 Å². The summed E-state index contributed by atoms with van der Waals surface area (Å²) < 4.78 is 73.2. The molecule has 1 N–H and O–H groups in total. The summed E-state index contributed by atoms with van der Waals surface area (Å²) in [5.74, 6) is -0.858. The number of nitrogens with zero attached hydrogens (tertiary/aromatic N) is 2. The van der Waals surface area contributed by atoms with Gasteiger partial charge in [0, 0.05) is 17.5 Å². The van der Waals surface area contributed by atoms with Crippen LogP contribution >= 0.6 is 0 Å². The number of fused-ring (bicyclic) bond motifs is 2. The zero-order valence-corrected chi connectivity index (χ0v) is 21.3. The Balaban J connectivity index is 1.52. The van der Waals surface area contributed by atoms with Gasteiger partial charge in [0.25, 0.3) is 10.0 Å². The van der Waals surface area contributed by atoms with Crippen LogP contribution in [-0.4, -0.2) is 37.6 Å². The van der Waals surface area contributed by atoms with Crippen LogP contribution in [0.25, 0.3) is 11.3 Å². The number of benzene rings is 2. The smallest absolute Gasteiger partial charge is 0.416 e. The normalized spacial score (nSPS) is 16.6. The minimum absolute atomic E-state index is 0.0467. The van der Waals surface area contributed by atoms with Crippen molar-refractivity contribution in [2.75, 3.05) is 17.5 Å². The molecule has 0 unspecified atom stereocenters. The molecule has 0 saturated heterocycles. The number of hydrogen-bond acceptors (Lipinski definition) is 5. The Bertz CT molecular complexity index is 1500. The summed E-state index contributed by atoms with van der Waals surface area (Å²) in [5, 5.41) is 8.84. The van der Waals surface area contributed by atoms with Gasteiger partial charge in [-0.3, -0.25) is 4.31 Å². The first-order valence-electron chi connectivity index (χ1n) is 12.1. The van der Waals surface area contributed by atoms with E-state index in [2.05, 4.69) is 0 Å². The maximum absolute atomic E-state index is 13.8. The molecule has 5 rings (SSSR count). The van der Waals surface area contributed by atoms with Gasteiger partial charge in [-0.1, -0.05) is 25.0 Å². The zero-order chi connectivity index (χ0) is 27.3. The Hall–Kier alpha value is -3.60. The van der Waals surface area contributed by atoms with Gasteiger partial charge in [0.1, 0.15) is 5.75 Å². The second-order valence-corrected chi connectivity index (χ2v) is 11.6. The van der Waals surface area contributed by atoms with Gasteiger partial charge in [-0.05, 0) is 67.8 Å². The summed E-state index contributed by atoms with van der Waals surface area (Å²) in [7, 11) is -3.99. The zero-order valence-electron chi connectivity index (χ0n) is 20.5. The van der Waals surface area contributed by atoms with Gasteiger partial charge in [-0.2, -0.15) is 13.2 Å². The van der Waals surface area contributed by atoms with Crippen LogP contribution < -0.4 is 9.04 Å². The number of halogens is 3. The fraction of sp³-hybridized carbons (Fsp3) is 0.333. The van der Waals surface area contributed by atoms with E-state index in [9.17, 15) is 26.4 Å². The minimum Gasteiger partial charge on any atom is -0.482 e. The number of hydrogen-bond donors (Lipinski definition) is 1. The van der Waals surface area contributed by atoms with Crippen LogP contribution in [-0.2, 0) is 26.4 Å². The molecule has 2 aromatic carbocycles. The highest BCUT2D eigenvalue weighted by molar-refractivity contribution is 7.92. The van der Waals surface area contributed by atoms with Crippen molar-refractivity contribution in [1.29, 1.82) is 0 Å². The Kier molecular flexibility index (Phi) is 6.37. The van der Waals surface area contributed by atoms with E-state index in [-0.39, 0.29) is 17.2 Å². The van der Waals surface area contributed by atoms with Crippen molar-refractivity contribution in [2.24, 2.45) is 0 Å². The molecule has 0 atom stereocenters. The molecule has 11 heteroatoms. The van der Waals surface area contributed by atoms with Crippen molar-refractivity contribution >= 4 is 21.7 Å². The molecule has 1 aliphatic heterocycles. The first-order valence-corrected chi connectivity index (χ1v) is 13.5. The summed E-state index contributed by atoms with van der Waals surface area (Å²) in [4.78, 5) is 15.7. The topological polar surface area (TPSA) is 96.8 Å². The number of alkyl halides is 3. The first kappa shape index (κ1) is 26.0. The number of carboxylic acid groups (broad SMARTS) is 1. The molecule has 0 bridgehead atoms. The number of carbonyl (C=O) groups is 1. The monoisotopic (exact) mass is 546 g/mol. The first-order chi connectivity index (χ1) is 17.9. The van der Waals surface area contributed by atoms with E-state index in [4.69, 9.17) is 14.8 Å². The van der Waals surface area contributed by atoms with E-state index < -0.39 is 39.8 Å². The number of sulfonamides is 1. The Labute approximate surface area is 217 Å². The molecule has 38 heavy (non-hydrogen) atoms. The third kappa shape index (κ3) is 4.59. The summed E-state index contributed by atoms with van der Waals surface area (Å²) >= 11 is 0. The lowest BCUT2D eigenvalue weighted by molar-refractivity contribution is -0.139. The summed E-state index contributed by atoms with van der Waals surface area (Å²) in [6.07, 6.45) is -1.07. The van der Waals surface area contributed by atoms with Crippen LogP contribution in [0.3, 0.4) is 0 Å². The van der Waals surface area contributed by atoms with E-state index in [0.29, 0.717) is 28.2 Å². The standard InChI is InChI=1S/C27H25F3N2O5S/c1-17-14-20(8-11-23(17)37-15-24(33)34)38(35,36)32-16-26(12-2-3-13-26)25-22(32)10-9-21(31-25)18-4-6-19(7-5-18)27(28,29)30/h4-11,14H,2-3,12-13,15-16H2,1H3,(H,33,34). The van der Waals surface area contributed by atoms with Gasteiger partial charge in [-0.15, -0.1) is 0 Å². The molecular weight excluding hydrogens is 521 g/mol. The maximum atomic E-state index is 13.8. The Morgan fingerprint density at radius 1 is 1.08 bits per heavy atom. The molecule has 1 aliphatic carbocycles. The van der Waals surface area contributed by atoms with Crippen LogP contribution in [0.15, 0.2) is 59.5 Å². The van der Waals surface area contributed by atoms with E-state index in [1.807, 2.05) is 0 Å². The fourth-order valence-electron chi connectivity index (χ4n) is 5.34. The molecule has 0 amide bonds. The third-order valence-corrected chi connectivity index (χ3v) is 9.00. The summed E-state index contributed by atoms with van der Waals surface area (Å²) in [5.41, 5.74) is 1.38. The van der Waals surface area contributed by atoms with E-state index in [1.54, 1.807) is 19.1 Å². The molecule has 1 aromatic heterocycles. The van der Waals surface area contributed by atoms with E-state index in [1.165, 1.54) is 34.6 Å². The molecule has 3 aromatic rings. The quantitative estimate of drug-likeness (QED) is 0.435. The summed E-state index contributed by atoms with van der Waals surface area (Å²) in [6.45, 7) is 1.33. The number of aryl methyl sites for hydroxylation is 1. The van der Waals surface area contributed by atoms with Crippen LogP contribution in [0.2, 0.25) is 0 Å². The Morgan fingerprint density at radius 3 is 2.37 bits per heavy atom. The highest BCUT2D eigenvalue weighted by atomic mass is 32.2. The van der Waals surface area contributed by atoms with Crippen molar-refractivity contribution in [1.82, 2.24) is 4.98 Å². The van der Waals surface area contributed by atoms with Crippen molar-refractivity contribution in [3.05, 3.63) is 71.4 Å². The number of anilines is 1. The van der Waals surface area contributed by atoms with Gasteiger partial charge in [0.05, 0.1) is 27.5 Å². The SMILES string of the molecule is Cc1cc(S(=O)(=O)N2CC3(CCCC3)c3nc(-c4ccc(C(F)(F)F)cc4)ccc32)ccc1OCC(=O)O. The average molecular weight is 547 g/mol. The molecule has 2 aliphatic rings. The van der Waals surface area contributed by atoms with Gasteiger partial charge >= 0.3 is 12.1 Å². The Morgan fingerprint density at radius 2 is 1.76 bits per heavy atom. The van der Waals surface area contributed by atoms with Crippen LogP contribution in [0.4, 0.5) is 18.9 Å². The van der Waals surface area contributed by atoms with E-state index in [0.717, 1.165) is 37.8 Å². The number of aromatic nitrogens is 1. The molecule has 7 nitrogen and oxygen atoms in total. The van der Waals surface area contributed by atoms with Gasteiger partial charge in [-0.25, -0.2) is 18.2 Å². The number of rotatable bonds is 6. The van der Waals surface area contributed by atoms with Crippen LogP contribution in [0.1, 0.15) is 42.5 Å². The highest BCUT2D eigenvalue weighted by Gasteiger charge is 2.49. The van der Waals surface area contributed by atoms with Gasteiger partial charge in [0.15, 0.2) is 6.61 Å². The molecule has 1 saturated carbocycles. The predicted octanol–water partition coefficient (Wildman–Crippen LogP) is 5.56. The van der Waals surface area contributed by atoms with Crippen LogP contribution in [0, 0.1) is 6.92 Å². The number of aliphatic carboxylic acids is 1. The lowest BCUT2D eigenvalue weighted by Crippen LogP contribution is -2.35. The van der Waals surface area contributed by atoms with Gasteiger partial charge in [0.2, 0.25) is 0 Å². The van der Waals surface area contributed by atoms with Crippen molar-refractivity contribution in [2.45, 2.75) is 49.1 Å².